The largest absolute Gasteiger partial charge is 0.493 e. The number of likely N-dealkylation sites (tertiary alicyclic amines) is 1. The Balaban J connectivity index is 1.70. The predicted octanol–water partition coefficient (Wildman–Crippen LogP) is 4.95. The van der Waals surface area contributed by atoms with Crippen molar-refractivity contribution in [2.45, 2.75) is 38.3 Å². The van der Waals surface area contributed by atoms with Gasteiger partial charge in [-0.1, -0.05) is 6.07 Å². The molecular formula is C28H30F3N3O4. The first-order valence-corrected chi connectivity index (χ1v) is 12.8. The number of hydrogen-bond donors (Lipinski definition) is 0. The number of piperidine rings is 1. The smallest absolute Gasteiger partial charge is 0.405 e. The zero-order valence-electron chi connectivity index (χ0n) is 21.4. The van der Waals surface area contributed by atoms with Crippen molar-refractivity contribution >= 4 is 22.4 Å². The van der Waals surface area contributed by atoms with Gasteiger partial charge in [0.2, 0.25) is 0 Å². The average Bonchev–Trinajstić information content (AvgIpc) is 2.92. The van der Waals surface area contributed by atoms with Crippen LogP contribution < -0.4 is 19.9 Å². The topological polar surface area (TPSA) is 64.0 Å². The molecule has 0 aliphatic carbocycles. The third-order valence-corrected chi connectivity index (χ3v) is 7.33. The molecule has 2 aliphatic heterocycles. The Morgan fingerprint density at radius 2 is 1.61 bits per heavy atom. The van der Waals surface area contributed by atoms with Gasteiger partial charge in [-0.25, -0.2) is 0 Å². The summed E-state index contributed by atoms with van der Waals surface area (Å²) in [5.74, 6) is 0.529. The first-order valence-electron chi connectivity index (χ1n) is 12.8. The van der Waals surface area contributed by atoms with Crippen LogP contribution in [-0.4, -0.2) is 61.9 Å². The Bertz CT molecular complexity index is 1430. The molecule has 38 heavy (non-hydrogen) atoms. The highest BCUT2D eigenvalue weighted by atomic mass is 19.4. The van der Waals surface area contributed by atoms with Crippen LogP contribution in [0.1, 0.15) is 41.6 Å². The van der Waals surface area contributed by atoms with Crippen molar-refractivity contribution in [1.29, 1.82) is 0 Å². The molecule has 0 N–H and O–H groups in total. The fourth-order valence-corrected chi connectivity index (χ4v) is 5.46. The maximum atomic E-state index is 13.8. The molecular weight excluding hydrogens is 499 g/mol. The van der Waals surface area contributed by atoms with Gasteiger partial charge in [-0.05, 0) is 61.9 Å². The van der Waals surface area contributed by atoms with E-state index in [9.17, 15) is 22.8 Å². The second-order valence-corrected chi connectivity index (χ2v) is 9.78. The zero-order chi connectivity index (χ0) is 27.0. The highest BCUT2D eigenvalue weighted by Gasteiger charge is 2.33. The molecule has 0 unspecified atom stereocenters. The van der Waals surface area contributed by atoms with E-state index < -0.39 is 18.3 Å². The Kier molecular flexibility index (Phi) is 6.98. The lowest BCUT2D eigenvalue weighted by Gasteiger charge is -2.32. The second-order valence-electron chi connectivity index (χ2n) is 9.78. The minimum Gasteiger partial charge on any atom is -0.493 e. The van der Waals surface area contributed by atoms with Gasteiger partial charge in [0, 0.05) is 36.9 Å². The number of hydrogen-bond acceptors (Lipinski definition) is 5. The summed E-state index contributed by atoms with van der Waals surface area (Å²) in [6.07, 6.45) is 1.29. The average molecular weight is 530 g/mol. The monoisotopic (exact) mass is 529 g/mol. The molecule has 0 radical (unpaired) electrons. The number of rotatable bonds is 5. The molecule has 2 aromatic carbocycles. The highest BCUT2D eigenvalue weighted by Crippen LogP contribution is 2.35. The number of nitrogens with zero attached hydrogens (tertiary/aromatic N) is 3. The van der Waals surface area contributed by atoms with Crippen LogP contribution in [0.2, 0.25) is 0 Å². The van der Waals surface area contributed by atoms with Crippen LogP contribution in [0.3, 0.4) is 0 Å². The van der Waals surface area contributed by atoms with Gasteiger partial charge in [-0.2, -0.15) is 13.2 Å². The number of ether oxygens (including phenoxy) is 2. The number of pyridine rings is 1. The quantitative estimate of drug-likeness (QED) is 0.468. The van der Waals surface area contributed by atoms with E-state index in [2.05, 4.69) is 0 Å². The summed E-state index contributed by atoms with van der Waals surface area (Å²) in [4.78, 5) is 30.6. The number of anilines is 1. The molecule has 7 nitrogen and oxygen atoms in total. The second kappa shape index (κ2) is 10.2. The van der Waals surface area contributed by atoms with Gasteiger partial charge < -0.3 is 19.3 Å². The lowest BCUT2D eigenvalue weighted by atomic mass is 10.0. The molecule has 0 atom stereocenters. The first kappa shape index (κ1) is 25.9. The number of carbonyl (C=O) groups excluding carboxylic acids is 1. The summed E-state index contributed by atoms with van der Waals surface area (Å²) in [7, 11) is 2.94. The number of aromatic nitrogens is 1. The van der Waals surface area contributed by atoms with E-state index in [4.69, 9.17) is 9.47 Å². The van der Waals surface area contributed by atoms with E-state index in [0.717, 1.165) is 24.8 Å². The van der Waals surface area contributed by atoms with Crippen molar-refractivity contribution in [3.8, 4) is 17.2 Å². The molecule has 202 valence electrons. The van der Waals surface area contributed by atoms with Crippen LogP contribution in [0, 0.1) is 0 Å². The van der Waals surface area contributed by atoms with Gasteiger partial charge >= 0.3 is 6.18 Å². The van der Waals surface area contributed by atoms with Crippen LogP contribution >= 0.6 is 0 Å². The lowest BCUT2D eigenvalue weighted by molar-refractivity contribution is -0.119. The van der Waals surface area contributed by atoms with Crippen LogP contribution in [-0.2, 0) is 6.42 Å². The molecule has 1 aromatic heterocycles. The summed E-state index contributed by atoms with van der Waals surface area (Å²) in [5, 5.41) is 0.700. The Morgan fingerprint density at radius 3 is 2.26 bits per heavy atom. The summed E-state index contributed by atoms with van der Waals surface area (Å²) in [6.45, 7) is 0.458. The number of alkyl halides is 3. The number of aryl methyl sites for hydroxylation is 1. The first-order chi connectivity index (χ1) is 18.2. The molecule has 2 aliphatic rings. The lowest BCUT2D eigenvalue weighted by Crippen LogP contribution is -2.38. The number of halogens is 3. The summed E-state index contributed by atoms with van der Waals surface area (Å²) >= 11 is 0. The molecule has 0 saturated carbocycles. The molecule has 10 heteroatoms. The van der Waals surface area contributed by atoms with Gasteiger partial charge in [0.1, 0.15) is 6.54 Å². The molecule has 5 rings (SSSR count). The maximum absolute atomic E-state index is 13.8. The minimum atomic E-state index is -4.35. The number of methoxy groups -OCH3 is 2. The molecule has 0 bridgehead atoms. The molecule has 3 heterocycles. The van der Waals surface area contributed by atoms with Crippen molar-refractivity contribution in [3.63, 3.8) is 0 Å². The third-order valence-electron chi connectivity index (χ3n) is 7.33. The van der Waals surface area contributed by atoms with Crippen LogP contribution in [0.5, 0.6) is 11.5 Å². The van der Waals surface area contributed by atoms with Gasteiger partial charge in [0.05, 0.1) is 30.9 Å². The Labute approximate surface area is 218 Å². The number of amides is 1. The van der Waals surface area contributed by atoms with E-state index in [1.54, 1.807) is 35.2 Å². The van der Waals surface area contributed by atoms with Gasteiger partial charge in [0.25, 0.3) is 11.5 Å². The van der Waals surface area contributed by atoms with Crippen LogP contribution in [0.25, 0.3) is 16.5 Å². The third kappa shape index (κ3) is 4.91. The van der Waals surface area contributed by atoms with Crippen LogP contribution in [0.15, 0.2) is 41.3 Å². The molecule has 3 aromatic rings. The van der Waals surface area contributed by atoms with E-state index in [1.807, 2.05) is 0 Å². The highest BCUT2D eigenvalue weighted by molar-refractivity contribution is 6.07. The van der Waals surface area contributed by atoms with Crippen molar-refractivity contribution in [1.82, 2.24) is 9.47 Å². The van der Waals surface area contributed by atoms with Crippen molar-refractivity contribution in [2.75, 3.05) is 45.3 Å². The van der Waals surface area contributed by atoms with Crippen molar-refractivity contribution in [2.24, 2.45) is 0 Å². The zero-order valence-corrected chi connectivity index (χ0v) is 21.4. The summed E-state index contributed by atoms with van der Waals surface area (Å²) < 4.78 is 52.1. The SMILES string of the molecule is COc1cc2c(C(=O)N3CCCCC3)cn(-c3ccc4c(c3)N(CC(F)(F)F)CCC4)c(=O)c2cc1OC. The van der Waals surface area contributed by atoms with E-state index in [1.165, 1.54) is 29.9 Å². The fourth-order valence-electron chi connectivity index (χ4n) is 5.46. The van der Waals surface area contributed by atoms with Gasteiger partial charge in [-0.3, -0.25) is 14.2 Å². The van der Waals surface area contributed by atoms with E-state index >= 15 is 0 Å². The Hall–Kier alpha value is -3.69. The molecule has 1 saturated heterocycles. The standard InChI is InChI=1S/C28H30F3N3O4/c1-37-24-14-20-21(15-25(24)38-2)27(36)34(16-22(20)26(35)32-10-4-3-5-11-32)19-9-8-18-7-6-12-33(23(18)13-19)17-28(29,30)31/h8-9,13-16H,3-7,10-12,17H2,1-2H3. The van der Waals surface area contributed by atoms with E-state index in [0.29, 0.717) is 59.8 Å². The number of fused-ring (bicyclic) bond motifs is 2. The van der Waals surface area contributed by atoms with Crippen molar-refractivity contribution < 1.29 is 27.4 Å². The molecule has 1 fully saturated rings. The molecule has 1 amide bonds. The normalized spacial score (nSPS) is 15.9. The summed E-state index contributed by atoms with van der Waals surface area (Å²) in [5.41, 5.74) is 1.57. The summed E-state index contributed by atoms with van der Waals surface area (Å²) in [6, 6.07) is 8.29. The van der Waals surface area contributed by atoms with Gasteiger partial charge in [0.15, 0.2) is 11.5 Å². The fraction of sp³-hybridized carbons (Fsp3) is 0.429. The molecule has 0 spiro atoms. The predicted molar refractivity (Wildman–Crippen MR) is 139 cm³/mol. The van der Waals surface area contributed by atoms with Gasteiger partial charge in [-0.15, -0.1) is 0 Å². The van der Waals surface area contributed by atoms with Crippen molar-refractivity contribution in [3.05, 3.63) is 58.0 Å². The maximum Gasteiger partial charge on any atom is 0.405 e. The minimum absolute atomic E-state index is 0.202. The van der Waals surface area contributed by atoms with E-state index in [-0.39, 0.29) is 17.8 Å². The van der Waals surface area contributed by atoms with Crippen LogP contribution in [0.4, 0.5) is 18.9 Å². The number of benzene rings is 2. The number of carbonyl (C=O) groups is 1. The Morgan fingerprint density at radius 1 is 0.921 bits per heavy atom.